The van der Waals surface area contributed by atoms with Crippen LogP contribution in [0.3, 0.4) is 0 Å². The van der Waals surface area contributed by atoms with E-state index in [-0.39, 0.29) is 10.6 Å². The number of piperazine rings is 1. The Balaban J connectivity index is 1.78. The fourth-order valence-electron chi connectivity index (χ4n) is 2.02. The second-order valence-corrected chi connectivity index (χ2v) is 4.33. The van der Waals surface area contributed by atoms with Gasteiger partial charge in [-0.1, -0.05) is 6.07 Å². The molecule has 18 heavy (non-hydrogen) atoms. The zero-order valence-electron chi connectivity index (χ0n) is 10.3. The predicted molar refractivity (Wildman–Crippen MR) is 70.9 cm³/mol. The number of hydrogen-bond donors (Lipinski definition) is 2. The van der Waals surface area contributed by atoms with Crippen LogP contribution < -0.4 is 10.6 Å². The van der Waals surface area contributed by atoms with Gasteiger partial charge >= 0.3 is 0 Å². The van der Waals surface area contributed by atoms with Gasteiger partial charge in [0.15, 0.2) is 0 Å². The van der Waals surface area contributed by atoms with Gasteiger partial charge < -0.3 is 10.6 Å². The Labute approximate surface area is 106 Å². The van der Waals surface area contributed by atoms with E-state index in [9.17, 15) is 10.1 Å². The Morgan fingerprint density at radius 1 is 1.39 bits per heavy atom. The maximum Gasteiger partial charge on any atom is 0.271 e. The first kappa shape index (κ1) is 12.8. The highest BCUT2D eigenvalue weighted by atomic mass is 16.6. The number of nitrogens with one attached hydrogen (secondary N) is 2. The molecule has 1 aliphatic rings. The van der Waals surface area contributed by atoms with Crippen LogP contribution in [-0.4, -0.2) is 49.1 Å². The molecule has 6 nitrogen and oxygen atoms in total. The Hall–Kier alpha value is -1.66. The molecule has 0 unspecified atom stereocenters. The summed E-state index contributed by atoms with van der Waals surface area (Å²) >= 11 is 0. The summed E-state index contributed by atoms with van der Waals surface area (Å²) in [6.07, 6.45) is 0. The molecular weight excluding hydrogens is 232 g/mol. The minimum Gasteiger partial charge on any atom is -0.384 e. The summed E-state index contributed by atoms with van der Waals surface area (Å²) in [5, 5.41) is 17.2. The predicted octanol–water partition coefficient (Wildman–Crippen LogP) is 0.912. The Kier molecular flexibility index (Phi) is 4.49. The Morgan fingerprint density at radius 2 is 2.17 bits per heavy atom. The van der Waals surface area contributed by atoms with Gasteiger partial charge in [0.1, 0.15) is 0 Å². The van der Waals surface area contributed by atoms with E-state index in [0.717, 1.165) is 45.0 Å². The number of nitro benzene ring substituents is 1. The number of hydrogen-bond acceptors (Lipinski definition) is 5. The van der Waals surface area contributed by atoms with Crippen LogP contribution >= 0.6 is 0 Å². The lowest BCUT2D eigenvalue weighted by Crippen LogP contribution is -2.45. The molecule has 2 rings (SSSR count). The van der Waals surface area contributed by atoms with E-state index in [1.165, 1.54) is 6.07 Å². The van der Waals surface area contributed by atoms with E-state index in [4.69, 9.17) is 0 Å². The molecule has 0 radical (unpaired) electrons. The van der Waals surface area contributed by atoms with Crippen LogP contribution in [0.25, 0.3) is 0 Å². The molecule has 98 valence electrons. The van der Waals surface area contributed by atoms with Gasteiger partial charge in [0, 0.05) is 57.1 Å². The van der Waals surface area contributed by atoms with E-state index >= 15 is 0 Å². The molecule has 1 saturated heterocycles. The van der Waals surface area contributed by atoms with E-state index in [1.54, 1.807) is 12.1 Å². The van der Waals surface area contributed by atoms with Crippen LogP contribution in [0.5, 0.6) is 0 Å². The number of rotatable bonds is 5. The first-order valence-electron chi connectivity index (χ1n) is 6.17. The van der Waals surface area contributed by atoms with Crippen molar-refractivity contribution in [2.24, 2.45) is 0 Å². The van der Waals surface area contributed by atoms with Gasteiger partial charge in [-0.3, -0.25) is 15.0 Å². The van der Waals surface area contributed by atoms with Crippen LogP contribution in [0.4, 0.5) is 11.4 Å². The minimum atomic E-state index is -0.374. The monoisotopic (exact) mass is 250 g/mol. The fourth-order valence-corrected chi connectivity index (χ4v) is 2.02. The maximum absolute atomic E-state index is 10.6. The lowest BCUT2D eigenvalue weighted by molar-refractivity contribution is -0.384. The van der Waals surface area contributed by atoms with Crippen LogP contribution in [-0.2, 0) is 0 Å². The van der Waals surface area contributed by atoms with Crippen molar-refractivity contribution < 1.29 is 4.92 Å². The Morgan fingerprint density at radius 3 is 2.89 bits per heavy atom. The van der Waals surface area contributed by atoms with E-state index in [2.05, 4.69) is 15.5 Å². The molecule has 2 N–H and O–H groups in total. The molecule has 0 spiro atoms. The standard InChI is InChI=1S/C12H18N4O2/c17-16(18)12-3-1-2-11(10-12)14-6-9-15-7-4-13-5-8-15/h1-3,10,13-14H,4-9H2. The molecule has 1 aromatic rings. The largest absolute Gasteiger partial charge is 0.384 e. The minimum absolute atomic E-state index is 0.127. The lowest BCUT2D eigenvalue weighted by Gasteiger charge is -2.27. The third kappa shape index (κ3) is 3.68. The van der Waals surface area contributed by atoms with Crippen LogP contribution in [0.1, 0.15) is 0 Å². The summed E-state index contributed by atoms with van der Waals surface area (Å²) in [7, 11) is 0. The van der Waals surface area contributed by atoms with Crippen molar-refractivity contribution in [1.29, 1.82) is 0 Å². The summed E-state index contributed by atoms with van der Waals surface area (Å²) in [6.45, 7) is 5.98. The molecule has 0 amide bonds. The molecule has 1 aliphatic heterocycles. The molecule has 1 fully saturated rings. The first-order chi connectivity index (χ1) is 8.75. The quantitative estimate of drug-likeness (QED) is 0.600. The van der Waals surface area contributed by atoms with E-state index in [1.807, 2.05) is 6.07 Å². The van der Waals surface area contributed by atoms with Gasteiger partial charge in [-0.25, -0.2) is 0 Å². The summed E-state index contributed by atoms with van der Waals surface area (Å²) in [4.78, 5) is 12.6. The number of nitrogens with zero attached hydrogens (tertiary/aromatic N) is 2. The second-order valence-electron chi connectivity index (χ2n) is 4.33. The third-order valence-electron chi connectivity index (χ3n) is 3.02. The number of nitro groups is 1. The van der Waals surface area contributed by atoms with Crippen LogP contribution in [0, 0.1) is 10.1 Å². The molecule has 1 heterocycles. The molecule has 0 bridgehead atoms. The second kappa shape index (κ2) is 6.32. The van der Waals surface area contributed by atoms with E-state index < -0.39 is 0 Å². The van der Waals surface area contributed by atoms with Gasteiger partial charge in [0.25, 0.3) is 5.69 Å². The van der Waals surface area contributed by atoms with Crippen molar-refractivity contribution in [3.05, 3.63) is 34.4 Å². The average Bonchev–Trinajstić information content (AvgIpc) is 2.40. The normalized spacial score (nSPS) is 16.4. The maximum atomic E-state index is 10.6. The highest BCUT2D eigenvalue weighted by Crippen LogP contribution is 2.16. The lowest BCUT2D eigenvalue weighted by atomic mass is 10.3. The van der Waals surface area contributed by atoms with Crippen molar-refractivity contribution in [2.45, 2.75) is 0 Å². The number of benzene rings is 1. The highest BCUT2D eigenvalue weighted by molar-refractivity contribution is 5.50. The number of non-ortho nitro benzene ring substituents is 1. The van der Waals surface area contributed by atoms with Gasteiger partial charge in [-0.05, 0) is 6.07 Å². The Bertz CT molecular complexity index is 405. The molecule has 0 saturated carbocycles. The molecule has 0 aromatic heterocycles. The van der Waals surface area contributed by atoms with Gasteiger partial charge in [0.05, 0.1) is 4.92 Å². The SMILES string of the molecule is O=[N+]([O-])c1cccc(NCCN2CCNCC2)c1. The zero-order valence-corrected chi connectivity index (χ0v) is 10.3. The smallest absolute Gasteiger partial charge is 0.271 e. The van der Waals surface area contributed by atoms with Gasteiger partial charge in [0.2, 0.25) is 0 Å². The van der Waals surface area contributed by atoms with Crippen molar-refractivity contribution in [3.8, 4) is 0 Å². The third-order valence-corrected chi connectivity index (χ3v) is 3.02. The first-order valence-corrected chi connectivity index (χ1v) is 6.17. The van der Waals surface area contributed by atoms with Crippen LogP contribution in [0.2, 0.25) is 0 Å². The highest BCUT2D eigenvalue weighted by Gasteiger charge is 2.09. The average molecular weight is 250 g/mol. The topological polar surface area (TPSA) is 70.4 Å². The molecular formula is C12H18N4O2. The molecule has 1 aromatic carbocycles. The number of anilines is 1. The molecule has 0 aliphatic carbocycles. The van der Waals surface area contributed by atoms with Crippen molar-refractivity contribution in [1.82, 2.24) is 10.2 Å². The van der Waals surface area contributed by atoms with Gasteiger partial charge in [-0.15, -0.1) is 0 Å². The van der Waals surface area contributed by atoms with Crippen molar-refractivity contribution >= 4 is 11.4 Å². The summed E-state index contributed by atoms with van der Waals surface area (Å²) in [5.41, 5.74) is 0.932. The van der Waals surface area contributed by atoms with Gasteiger partial charge in [-0.2, -0.15) is 0 Å². The van der Waals surface area contributed by atoms with Crippen molar-refractivity contribution in [2.75, 3.05) is 44.6 Å². The summed E-state index contributed by atoms with van der Waals surface area (Å²) in [6, 6.07) is 6.62. The zero-order chi connectivity index (χ0) is 12.8. The van der Waals surface area contributed by atoms with Crippen molar-refractivity contribution in [3.63, 3.8) is 0 Å². The molecule has 6 heteroatoms. The fraction of sp³-hybridized carbons (Fsp3) is 0.500. The molecule has 0 atom stereocenters. The van der Waals surface area contributed by atoms with Crippen LogP contribution in [0.15, 0.2) is 24.3 Å². The van der Waals surface area contributed by atoms with E-state index in [0.29, 0.717) is 0 Å². The summed E-state index contributed by atoms with van der Waals surface area (Å²) in [5.74, 6) is 0. The summed E-state index contributed by atoms with van der Waals surface area (Å²) < 4.78 is 0.